The predicted octanol–water partition coefficient (Wildman–Crippen LogP) is 5.12. The number of fused-ring (bicyclic) bond motifs is 8. The first-order valence-electron chi connectivity index (χ1n) is 11.5. The van der Waals surface area contributed by atoms with E-state index in [1.807, 2.05) is 0 Å². The standard InChI is InChI=1S/C28H20O10/c1-13(29)21-12-17-4-3-5-20-23(17)24(22(21)14(2)30)26(32)38-28(34)36-19-9-7-15-10-18(8-6-16(15)11-19)35-27(33)37-25(20)31/h3-14,29-30H,1-2H3. The third-order valence-electron chi connectivity index (χ3n) is 6.07. The monoisotopic (exact) mass is 516 g/mol. The molecule has 2 atom stereocenters. The van der Waals surface area contributed by atoms with Gasteiger partial charge in [0.25, 0.3) is 0 Å². The van der Waals surface area contributed by atoms with Crippen molar-refractivity contribution >= 4 is 45.8 Å². The molecule has 4 aromatic carbocycles. The molecule has 4 aromatic rings. The summed E-state index contributed by atoms with van der Waals surface area (Å²) in [6.07, 6.45) is -5.16. The maximum atomic E-state index is 13.4. The van der Waals surface area contributed by atoms with Crippen molar-refractivity contribution in [1.82, 2.24) is 0 Å². The molecule has 0 saturated carbocycles. The predicted molar refractivity (Wildman–Crippen MR) is 132 cm³/mol. The molecule has 0 amide bonds. The lowest BCUT2D eigenvalue weighted by Gasteiger charge is -2.21. The Morgan fingerprint density at radius 3 is 1.76 bits per heavy atom. The second-order valence-corrected chi connectivity index (χ2v) is 8.66. The summed E-state index contributed by atoms with van der Waals surface area (Å²) in [6, 6.07) is 14.9. The van der Waals surface area contributed by atoms with Gasteiger partial charge >= 0.3 is 24.2 Å². The molecule has 0 aromatic heterocycles. The van der Waals surface area contributed by atoms with Crippen LogP contribution in [0.1, 0.15) is 57.9 Å². The summed E-state index contributed by atoms with van der Waals surface area (Å²) in [5.74, 6) is -2.25. The second-order valence-electron chi connectivity index (χ2n) is 8.66. The highest BCUT2D eigenvalue weighted by Crippen LogP contribution is 2.36. The van der Waals surface area contributed by atoms with Crippen LogP contribution in [0.5, 0.6) is 11.5 Å². The Balaban J connectivity index is 1.75. The van der Waals surface area contributed by atoms with Crippen LogP contribution in [0.2, 0.25) is 0 Å². The Bertz CT molecular complexity index is 1650. The number of carbonyl (C=O) groups is 4. The number of aliphatic hydroxyl groups excluding tert-OH is 2. The lowest BCUT2D eigenvalue weighted by Crippen LogP contribution is -2.21. The molecule has 2 aliphatic rings. The summed E-state index contributed by atoms with van der Waals surface area (Å²) >= 11 is 0. The Kier molecular flexibility index (Phi) is 6.27. The smallest absolute Gasteiger partial charge is 0.395 e. The van der Waals surface area contributed by atoms with E-state index >= 15 is 0 Å². The quantitative estimate of drug-likeness (QED) is 0.209. The first kappa shape index (κ1) is 24.9. The minimum Gasteiger partial charge on any atom is -0.395 e. The SMILES string of the molecule is CC(O)c1cc2cccc3c2c(c1C(C)O)C(=O)OC(=O)Oc1ccc2cc(ccc2c1)OC(=O)OC3=O. The third-order valence-corrected chi connectivity index (χ3v) is 6.07. The summed E-state index contributed by atoms with van der Waals surface area (Å²) in [5, 5.41) is 22.4. The van der Waals surface area contributed by atoms with Crippen LogP contribution in [-0.2, 0) is 9.47 Å². The van der Waals surface area contributed by atoms with Gasteiger partial charge in [0.1, 0.15) is 11.5 Å². The van der Waals surface area contributed by atoms with E-state index in [0.717, 1.165) is 0 Å². The van der Waals surface area contributed by atoms with E-state index in [4.69, 9.17) is 18.9 Å². The van der Waals surface area contributed by atoms with Crippen LogP contribution >= 0.6 is 0 Å². The van der Waals surface area contributed by atoms with Crippen LogP contribution in [0.15, 0.2) is 60.7 Å². The van der Waals surface area contributed by atoms with E-state index < -0.39 is 36.5 Å². The minimum absolute atomic E-state index is 0.0705. The number of esters is 2. The molecular formula is C28H20O10. The van der Waals surface area contributed by atoms with Crippen LogP contribution in [0.4, 0.5) is 9.59 Å². The van der Waals surface area contributed by atoms with Crippen molar-refractivity contribution in [2.24, 2.45) is 0 Å². The van der Waals surface area contributed by atoms with E-state index in [-0.39, 0.29) is 44.5 Å². The molecule has 0 aliphatic carbocycles. The topological polar surface area (TPSA) is 146 Å². The van der Waals surface area contributed by atoms with Gasteiger partial charge < -0.3 is 29.2 Å². The number of hydrogen-bond donors (Lipinski definition) is 2. The van der Waals surface area contributed by atoms with Gasteiger partial charge in [0, 0.05) is 10.9 Å². The average molecular weight is 516 g/mol. The van der Waals surface area contributed by atoms with Crippen molar-refractivity contribution in [1.29, 1.82) is 0 Å². The van der Waals surface area contributed by atoms with Crippen LogP contribution in [0.25, 0.3) is 21.5 Å². The lowest BCUT2D eigenvalue weighted by molar-refractivity contribution is 0.0518. The fourth-order valence-corrected chi connectivity index (χ4v) is 4.49. The average Bonchev–Trinajstić information content (AvgIpc) is 2.86. The zero-order chi connectivity index (χ0) is 27.1. The van der Waals surface area contributed by atoms with Gasteiger partial charge in [-0.1, -0.05) is 24.3 Å². The summed E-state index contributed by atoms with van der Waals surface area (Å²) in [7, 11) is 0. The van der Waals surface area contributed by atoms with Gasteiger partial charge in [-0.2, -0.15) is 0 Å². The van der Waals surface area contributed by atoms with Crippen molar-refractivity contribution in [3.05, 3.63) is 82.9 Å². The minimum atomic E-state index is -1.36. The van der Waals surface area contributed by atoms with E-state index in [1.54, 1.807) is 12.1 Å². The first-order chi connectivity index (χ1) is 18.1. The highest BCUT2D eigenvalue weighted by Gasteiger charge is 2.30. The molecule has 2 aliphatic heterocycles. The third kappa shape index (κ3) is 4.54. The Morgan fingerprint density at radius 2 is 1.21 bits per heavy atom. The summed E-state index contributed by atoms with van der Waals surface area (Å²) < 4.78 is 20.3. The van der Waals surface area contributed by atoms with Crippen molar-refractivity contribution in [2.75, 3.05) is 0 Å². The number of hydrogen-bond acceptors (Lipinski definition) is 10. The molecule has 10 nitrogen and oxygen atoms in total. The van der Waals surface area contributed by atoms with Gasteiger partial charge in [-0.3, -0.25) is 0 Å². The van der Waals surface area contributed by atoms with E-state index in [2.05, 4.69) is 0 Å². The number of ether oxygens (including phenoxy) is 4. The summed E-state index contributed by atoms with van der Waals surface area (Å²) in [4.78, 5) is 51.6. The molecule has 2 heterocycles. The highest BCUT2D eigenvalue weighted by atomic mass is 16.7. The molecule has 2 N–H and O–H groups in total. The largest absolute Gasteiger partial charge is 0.521 e. The molecular weight excluding hydrogens is 496 g/mol. The Labute approximate surface area is 214 Å². The van der Waals surface area contributed by atoms with Crippen molar-refractivity contribution in [3.8, 4) is 11.5 Å². The van der Waals surface area contributed by atoms with Gasteiger partial charge in [-0.25, -0.2) is 19.2 Å². The van der Waals surface area contributed by atoms with Gasteiger partial charge in [0.05, 0.1) is 23.3 Å². The molecule has 2 unspecified atom stereocenters. The number of aliphatic hydroxyl groups is 2. The lowest BCUT2D eigenvalue weighted by atomic mass is 9.87. The van der Waals surface area contributed by atoms with Crippen LogP contribution in [-0.4, -0.2) is 34.5 Å². The fraction of sp³-hybridized carbons (Fsp3) is 0.143. The maximum Gasteiger partial charge on any atom is 0.521 e. The highest BCUT2D eigenvalue weighted by molar-refractivity contribution is 6.16. The van der Waals surface area contributed by atoms with Crippen LogP contribution in [0.3, 0.4) is 0 Å². The van der Waals surface area contributed by atoms with Gasteiger partial charge in [0.2, 0.25) is 0 Å². The first-order valence-corrected chi connectivity index (χ1v) is 11.5. The zero-order valence-corrected chi connectivity index (χ0v) is 20.1. The van der Waals surface area contributed by atoms with Crippen molar-refractivity contribution in [2.45, 2.75) is 26.1 Å². The van der Waals surface area contributed by atoms with Crippen LogP contribution in [0, 0.1) is 0 Å². The normalized spacial score (nSPS) is 15.7. The summed E-state index contributed by atoms with van der Waals surface area (Å²) in [5.41, 5.74) is -0.537. The molecule has 0 spiro atoms. The molecule has 0 saturated heterocycles. The van der Waals surface area contributed by atoms with Gasteiger partial charge in [-0.15, -0.1) is 0 Å². The Hall–Kier alpha value is -4.80. The van der Waals surface area contributed by atoms with E-state index in [1.165, 1.54) is 62.4 Å². The second kappa shape index (κ2) is 9.58. The van der Waals surface area contributed by atoms with Gasteiger partial charge in [-0.05, 0) is 72.0 Å². The van der Waals surface area contributed by atoms with Gasteiger partial charge in [0.15, 0.2) is 0 Å². The molecule has 0 fully saturated rings. The Morgan fingerprint density at radius 1 is 0.632 bits per heavy atom. The zero-order valence-electron chi connectivity index (χ0n) is 20.1. The number of rotatable bonds is 2. The van der Waals surface area contributed by atoms with Crippen LogP contribution < -0.4 is 9.47 Å². The van der Waals surface area contributed by atoms with E-state index in [0.29, 0.717) is 10.8 Å². The van der Waals surface area contributed by atoms with E-state index in [9.17, 15) is 29.4 Å². The maximum absolute atomic E-state index is 13.4. The van der Waals surface area contributed by atoms with Crippen molar-refractivity contribution < 1.29 is 48.3 Å². The number of carbonyl (C=O) groups excluding carboxylic acids is 4. The molecule has 6 rings (SSSR count). The van der Waals surface area contributed by atoms with Crippen molar-refractivity contribution in [3.63, 3.8) is 0 Å². The fourth-order valence-electron chi connectivity index (χ4n) is 4.49. The molecule has 10 heteroatoms. The molecule has 38 heavy (non-hydrogen) atoms. The number of benzene rings is 4. The molecule has 0 radical (unpaired) electrons. The molecule has 4 bridgehead atoms. The molecule has 192 valence electrons. The summed E-state index contributed by atoms with van der Waals surface area (Å²) in [6.45, 7) is 2.77.